The molecule has 1 aliphatic rings. The number of thiazole rings is 1. The van der Waals surface area contributed by atoms with Crippen LogP contribution in [0.15, 0.2) is 29.8 Å². The number of halogens is 1. The van der Waals surface area contributed by atoms with E-state index in [9.17, 15) is 9.18 Å². The lowest BCUT2D eigenvalue weighted by Gasteiger charge is -2.32. The minimum atomic E-state index is -0.352. The Bertz CT molecular complexity index is 722. The number of amides is 1. The molecular formula is C18H21FN2O3S. The van der Waals surface area contributed by atoms with Crippen molar-refractivity contribution in [2.45, 2.75) is 38.3 Å². The molecule has 2 heterocycles. The summed E-state index contributed by atoms with van der Waals surface area (Å²) in [6, 6.07) is 5.85. The normalized spacial score (nSPS) is 20.2. The molecule has 3 rings (SSSR count). The number of benzene rings is 1. The molecule has 2 atom stereocenters. The van der Waals surface area contributed by atoms with Gasteiger partial charge in [-0.3, -0.25) is 4.79 Å². The number of nitrogens with zero attached hydrogens (tertiary/aromatic N) is 1. The van der Waals surface area contributed by atoms with Gasteiger partial charge in [-0.2, -0.15) is 0 Å². The second kappa shape index (κ2) is 8.40. The minimum Gasteiger partial charge on any atom is -0.486 e. The molecule has 0 bridgehead atoms. The molecule has 0 spiro atoms. The first-order chi connectivity index (χ1) is 12.1. The molecule has 0 radical (unpaired) electrons. The van der Waals surface area contributed by atoms with E-state index in [4.69, 9.17) is 9.47 Å². The third-order valence-corrected chi connectivity index (χ3v) is 5.15. The summed E-state index contributed by atoms with van der Waals surface area (Å²) in [6.45, 7) is 2.89. The topological polar surface area (TPSA) is 60.5 Å². The molecule has 25 heavy (non-hydrogen) atoms. The maximum atomic E-state index is 13.3. The molecule has 1 aromatic carbocycles. The van der Waals surface area contributed by atoms with E-state index in [1.54, 1.807) is 29.0 Å². The maximum absolute atomic E-state index is 13.3. The Morgan fingerprint density at radius 2 is 2.40 bits per heavy atom. The van der Waals surface area contributed by atoms with E-state index in [1.807, 2.05) is 6.92 Å². The van der Waals surface area contributed by atoms with Gasteiger partial charge in [0, 0.05) is 24.0 Å². The molecule has 2 aromatic rings. The van der Waals surface area contributed by atoms with Gasteiger partial charge in [-0.05, 0) is 31.9 Å². The zero-order chi connectivity index (χ0) is 17.6. The average Bonchev–Trinajstić information content (AvgIpc) is 3.00. The van der Waals surface area contributed by atoms with Crippen LogP contribution < -0.4 is 10.1 Å². The number of nitrogens with one attached hydrogen (secondary N) is 1. The number of carbonyl (C=O) groups is 1. The van der Waals surface area contributed by atoms with Crippen LogP contribution in [0.3, 0.4) is 0 Å². The standard InChI is InChI=1S/C18H21FN2O3S/c1-12-17(25-11-20-12)5-6-18(22)21-15-7-8-23-10-16(15)24-14-4-2-3-13(19)9-14/h2-4,9,11,15-16H,5-8,10H2,1H3,(H,21,22)/t15-,16-/m1/s1. The van der Waals surface area contributed by atoms with Crippen molar-refractivity contribution in [2.75, 3.05) is 13.2 Å². The van der Waals surface area contributed by atoms with Crippen molar-refractivity contribution in [3.05, 3.63) is 46.2 Å². The van der Waals surface area contributed by atoms with Crippen LogP contribution in [-0.2, 0) is 16.0 Å². The van der Waals surface area contributed by atoms with E-state index in [1.165, 1.54) is 12.1 Å². The van der Waals surface area contributed by atoms with Crippen molar-refractivity contribution in [2.24, 2.45) is 0 Å². The first kappa shape index (κ1) is 17.8. The molecule has 1 fully saturated rings. The number of hydrogen-bond acceptors (Lipinski definition) is 5. The van der Waals surface area contributed by atoms with E-state index in [2.05, 4.69) is 10.3 Å². The lowest BCUT2D eigenvalue weighted by atomic mass is 10.1. The van der Waals surface area contributed by atoms with Gasteiger partial charge in [0.25, 0.3) is 0 Å². The molecule has 0 aliphatic carbocycles. The van der Waals surface area contributed by atoms with Gasteiger partial charge >= 0.3 is 0 Å². The van der Waals surface area contributed by atoms with E-state index in [0.717, 1.165) is 10.6 Å². The van der Waals surface area contributed by atoms with Crippen LogP contribution in [0.2, 0.25) is 0 Å². The fourth-order valence-corrected chi connectivity index (χ4v) is 3.56. The Morgan fingerprint density at radius 3 is 3.16 bits per heavy atom. The molecule has 0 unspecified atom stereocenters. The average molecular weight is 364 g/mol. The van der Waals surface area contributed by atoms with Gasteiger partial charge in [-0.25, -0.2) is 9.37 Å². The van der Waals surface area contributed by atoms with Gasteiger partial charge in [-0.15, -0.1) is 11.3 Å². The molecule has 1 N–H and O–H groups in total. The molecular weight excluding hydrogens is 343 g/mol. The molecule has 1 saturated heterocycles. The van der Waals surface area contributed by atoms with Gasteiger partial charge < -0.3 is 14.8 Å². The summed E-state index contributed by atoms with van der Waals surface area (Å²) in [5, 5.41) is 3.03. The van der Waals surface area contributed by atoms with Crippen LogP contribution in [0.4, 0.5) is 4.39 Å². The summed E-state index contributed by atoms with van der Waals surface area (Å²) in [6.07, 6.45) is 1.43. The smallest absolute Gasteiger partial charge is 0.220 e. The lowest BCUT2D eigenvalue weighted by molar-refractivity contribution is -0.123. The van der Waals surface area contributed by atoms with Crippen LogP contribution in [0.1, 0.15) is 23.4 Å². The largest absolute Gasteiger partial charge is 0.486 e. The zero-order valence-corrected chi connectivity index (χ0v) is 14.9. The van der Waals surface area contributed by atoms with Gasteiger partial charge in [0.15, 0.2) is 0 Å². The molecule has 1 amide bonds. The van der Waals surface area contributed by atoms with Gasteiger partial charge in [0.2, 0.25) is 5.91 Å². The van der Waals surface area contributed by atoms with Crippen molar-refractivity contribution >= 4 is 17.2 Å². The lowest BCUT2D eigenvalue weighted by Crippen LogP contribution is -2.51. The fraction of sp³-hybridized carbons (Fsp3) is 0.444. The SMILES string of the molecule is Cc1ncsc1CCC(=O)N[C@@H]1CCOC[C@H]1Oc1cccc(F)c1. The van der Waals surface area contributed by atoms with E-state index in [-0.39, 0.29) is 23.9 Å². The highest BCUT2D eigenvalue weighted by atomic mass is 32.1. The van der Waals surface area contributed by atoms with Crippen molar-refractivity contribution < 1.29 is 18.7 Å². The Balaban J connectivity index is 1.55. The highest BCUT2D eigenvalue weighted by molar-refractivity contribution is 7.09. The van der Waals surface area contributed by atoms with Gasteiger partial charge in [-0.1, -0.05) is 6.07 Å². The van der Waals surface area contributed by atoms with E-state index < -0.39 is 0 Å². The number of aryl methyl sites for hydroxylation is 2. The number of ether oxygens (including phenoxy) is 2. The molecule has 0 saturated carbocycles. The van der Waals surface area contributed by atoms with Gasteiger partial charge in [0.1, 0.15) is 17.7 Å². The third-order valence-electron chi connectivity index (χ3n) is 4.16. The van der Waals surface area contributed by atoms with E-state index in [0.29, 0.717) is 38.2 Å². The summed E-state index contributed by atoms with van der Waals surface area (Å²) < 4.78 is 24.6. The Labute approximate surface area is 150 Å². The molecule has 1 aliphatic heterocycles. The van der Waals surface area contributed by atoms with Crippen LogP contribution in [-0.4, -0.2) is 36.3 Å². The number of hydrogen-bond donors (Lipinski definition) is 1. The van der Waals surface area contributed by atoms with Crippen LogP contribution in [0.5, 0.6) is 5.75 Å². The number of rotatable bonds is 6. The van der Waals surface area contributed by atoms with Crippen LogP contribution in [0, 0.1) is 12.7 Å². The highest BCUT2D eigenvalue weighted by Gasteiger charge is 2.29. The van der Waals surface area contributed by atoms with Crippen LogP contribution >= 0.6 is 11.3 Å². The van der Waals surface area contributed by atoms with Crippen molar-refractivity contribution in [1.82, 2.24) is 10.3 Å². The first-order valence-electron chi connectivity index (χ1n) is 8.30. The summed E-state index contributed by atoms with van der Waals surface area (Å²) in [7, 11) is 0. The molecule has 1 aromatic heterocycles. The molecule has 7 heteroatoms. The predicted molar refractivity (Wildman–Crippen MR) is 93.4 cm³/mol. The Hall–Kier alpha value is -1.99. The fourth-order valence-electron chi connectivity index (χ4n) is 2.78. The number of aromatic nitrogens is 1. The van der Waals surface area contributed by atoms with Crippen molar-refractivity contribution in [3.63, 3.8) is 0 Å². The molecule has 134 valence electrons. The van der Waals surface area contributed by atoms with Crippen molar-refractivity contribution in [1.29, 1.82) is 0 Å². The van der Waals surface area contributed by atoms with Crippen LogP contribution in [0.25, 0.3) is 0 Å². The zero-order valence-electron chi connectivity index (χ0n) is 14.0. The van der Waals surface area contributed by atoms with E-state index >= 15 is 0 Å². The van der Waals surface area contributed by atoms with Gasteiger partial charge in [0.05, 0.1) is 23.9 Å². The molecule has 5 nitrogen and oxygen atoms in total. The number of carbonyl (C=O) groups excluding carboxylic acids is 1. The summed E-state index contributed by atoms with van der Waals surface area (Å²) in [5.41, 5.74) is 2.78. The Morgan fingerprint density at radius 1 is 1.52 bits per heavy atom. The Kier molecular flexibility index (Phi) is 5.99. The first-order valence-corrected chi connectivity index (χ1v) is 9.18. The second-order valence-corrected chi connectivity index (χ2v) is 6.95. The maximum Gasteiger partial charge on any atom is 0.220 e. The third kappa shape index (κ3) is 4.99. The second-order valence-electron chi connectivity index (χ2n) is 6.01. The summed E-state index contributed by atoms with van der Waals surface area (Å²) in [4.78, 5) is 17.6. The summed E-state index contributed by atoms with van der Waals surface area (Å²) in [5.74, 6) is 0.0670. The summed E-state index contributed by atoms with van der Waals surface area (Å²) >= 11 is 1.57. The predicted octanol–water partition coefficient (Wildman–Crippen LogP) is 2.88. The minimum absolute atomic E-state index is 0.0208. The monoisotopic (exact) mass is 364 g/mol. The van der Waals surface area contributed by atoms with Crippen molar-refractivity contribution in [3.8, 4) is 5.75 Å². The quantitative estimate of drug-likeness (QED) is 0.856. The highest BCUT2D eigenvalue weighted by Crippen LogP contribution is 2.19.